The zero-order valence-corrected chi connectivity index (χ0v) is 17.3. The first-order chi connectivity index (χ1) is 12.6. The van der Waals surface area contributed by atoms with Gasteiger partial charge < -0.3 is 19.7 Å². The van der Waals surface area contributed by atoms with E-state index in [1.54, 1.807) is 31.2 Å². The topological polar surface area (TPSA) is 97.0 Å². The van der Waals surface area contributed by atoms with E-state index >= 15 is 0 Å². The van der Waals surface area contributed by atoms with Crippen LogP contribution in [0.25, 0.3) is 0 Å². The minimum atomic E-state index is -3.43. The van der Waals surface area contributed by atoms with E-state index in [2.05, 4.69) is 17.0 Å². The number of methoxy groups -OCH3 is 1. The number of benzene rings is 1. The van der Waals surface area contributed by atoms with Gasteiger partial charge in [0.15, 0.2) is 0 Å². The molecule has 0 aromatic heterocycles. The molecule has 8 nitrogen and oxygen atoms in total. The van der Waals surface area contributed by atoms with E-state index in [0.717, 1.165) is 12.8 Å². The van der Waals surface area contributed by atoms with Crippen molar-refractivity contribution in [3.63, 3.8) is 0 Å². The summed E-state index contributed by atoms with van der Waals surface area (Å²) in [5.74, 6) is 0.357. The number of nitrogens with one attached hydrogen (secondary N) is 2. The normalized spacial score (nSPS) is 25.0. The highest BCUT2D eigenvalue weighted by molar-refractivity contribution is 7.92. The van der Waals surface area contributed by atoms with E-state index < -0.39 is 10.0 Å². The first-order valence-electron chi connectivity index (χ1n) is 8.87. The molecule has 0 unspecified atom stereocenters. The van der Waals surface area contributed by atoms with Crippen molar-refractivity contribution in [3.8, 4) is 5.75 Å². The van der Waals surface area contributed by atoms with E-state index in [-0.39, 0.29) is 24.0 Å². The van der Waals surface area contributed by atoms with Crippen molar-refractivity contribution in [1.29, 1.82) is 0 Å². The van der Waals surface area contributed by atoms with Crippen molar-refractivity contribution in [2.75, 3.05) is 44.8 Å². The average molecular weight is 400 g/mol. The molecule has 2 rings (SSSR count). The van der Waals surface area contributed by atoms with Crippen LogP contribution in [0.4, 0.5) is 5.69 Å². The maximum Gasteiger partial charge on any atom is 0.257 e. The molecule has 0 radical (unpaired) electrons. The van der Waals surface area contributed by atoms with Crippen molar-refractivity contribution < 1.29 is 22.7 Å². The first-order valence-corrected chi connectivity index (χ1v) is 10.8. The van der Waals surface area contributed by atoms with Gasteiger partial charge in [0.1, 0.15) is 12.4 Å². The lowest BCUT2D eigenvalue weighted by Crippen LogP contribution is -2.44. The fourth-order valence-corrected chi connectivity index (χ4v) is 3.49. The quantitative estimate of drug-likeness (QED) is 0.792. The molecule has 1 aliphatic heterocycles. The maximum atomic E-state index is 12.9. The largest absolute Gasteiger partial charge is 0.491 e. The Morgan fingerprint density at radius 2 is 2.04 bits per heavy atom. The Balaban J connectivity index is 2.38. The molecule has 0 bridgehead atoms. The number of amides is 1. The smallest absolute Gasteiger partial charge is 0.257 e. The molecule has 0 saturated carbocycles. The molecule has 0 aliphatic carbocycles. The zero-order chi connectivity index (χ0) is 20.2. The zero-order valence-electron chi connectivity index (χ0n) is 16.5. The SMILES string of the molecule is CO[C@@H]1CN(C)C(=O)c2ccc(NS(C)(=O)=O)cc2OC[C@H](C)NC[C@H]1C. The van der Waals surface area contributed by atoms with Crippen LogP contribution < -0.4 is 14.8 Å². The Bertz CT molecular complexity index is 768. The Hall–Kier alpha value is -1.84. The third-order valence-electron chi connectivity index (χ3n) is 4.53. The Kier molecular flexibility index (Phi) is 7.07. The molecule has 1 aliphatic rings. The summed E-state index contributed by atoms with van der Waals surface area (Å²) in [6.45, 7) is 5.59. The van der Waals surface area contributed by atoms with Crippen LogP contribution in [-0.2, 0) is 14.8 Å². The fraction of sp³-hybridized carbons (Fsp3) is 0.611. The van der Waals surface area contributed by atoms with Gasteiger partial charge >= 0.3 is 0 Å². The molecule has 1 aromatic carbocycles. The third kappa shape index (κ3) is 6.08. The summed E-state index contributed by atoms with van der Waals surface area (Å²) in [5, 5.41) is 3.40. The van der Waals surface area contributed by atoms with Crippen LogP contribution in [-0.4, -0.2) is 71.5 Å². The summed E-state index contributed by atoms with van der Waals surface area (Å²) in [5.41, 5.74) is 0.731. The molecular formula is C18H29N3O5S. The summed E-state index contributed by atoms with van der Waals surface area (Å²) < 4.78 is 36.8. The maximum absolute atomic E-state index is 12.9. The molecule has 1 heterocycles. The van der Waals surface area contributed by atoms with Crippen molar-refractivity contribution >= 4 is 21.6 Å². The number of carbonyl (C=O) groups is 1. The van der Waals surface area contributed by atoms with Gasteiger partial charge in [0, 0.05) is 39.4 Å². The predicted molar refractivity (Wildman–Crippen MR) is 105 cm³/mol. The van der Waals surface area contributed by atoms with Crippen molar-refractivity contribution in [1.82, 2.24) is 10.2 Å². The fourth-order valence-electron chi connectivity index (χ4n) is 2.93. The monoisotopic (exact) mass is 399 g/mol. The van der Waals surface area contributed by atoms with Crippen LogP contribution in [0.15, 0.2) is 18.2 Å². The van der Waals surface area contributed by atoms with Gasteiger partial charge in [-0.3, -0.25) is 9.52 Å². The molecule has 9 heteroatoms. The van der Waals surface area contributed by atoms with Crippen molar-refractivity contribution in [2.45, 2.75) is 26.0 Å². The summed E-state index contributed by atoms with van der Waals surface area (Å²) in [4.78, 5) is 14.5. The van der Waals surface area contributed by atoms with Crippen LogP contribution in [0.2, 0.25) is 0 Å². The van der Waals surface area contributed by atoms with E-state index in [4.69, 9.17) is 9.47 Å². The van der Waals surface area contributed by atoms with Gasteiger partial charge in [-0.05, 0) is 25.0 Å². The van der Waals surface area contributed by atoms with Crippen LogP contribution in [0.3, 0.4) is 0 Å². The highest BCUT2D eigenvalue weighted by atomic mass is 32.2. The number of fused-ring (bicyclic) bond motifs is 1. The number of ether oxygens (including phenoxy) is 2. The number of rotatable bonds is 3. The minimum absolute atomic E-state index is 0.0524. The van der Waals surface area contributed by atoms with Crippen molar-refractivity contribution in [2.24, 2.45) is 5.92 Å². The summed E-state index contributed by atoms with van der Waals surface area (Å²) in [7, 11) is -0.0600. The highest BCUT2D eigenvalue weighted by Crippen LogP contribution is 2.26. The molecule has 1 amide bonds. The molecule has 1 aromatic rings. The van der Waals surface area contributed by atoms with E-state index in [1.807, 2.05) is 6.92 Å². The standard InChI is InChI=1S/C18H29N3O5S/c1-12-9-19-13(2)11-26-16-8-14(20-27(5,23)24)6-7-15(16)18(22)21(3)10-17(12)25-4/h6-8,12-13,17,19-20H,9-11H2,1-5H3/t12-,13+,17-/m1/s1. The van der Waals surface area contributed by atoms with Gasteiger partial charge in [0.2, 0.25) is 10.0 Å². The van der Waals surface area contributed by atoms with Gasteiger partial charge in [-0.2, -0.15) is 0 Å². The number of sulfonamides is 1. The Morgan fingerprint density at radius 1 is 1.33 bits per heavy atom. The second kappa shape index (κ2) is 8.90. The Labute approximate surface area is 161 Å². The Morgan fingerprint density at radius 3 is 2.67 bits per heavy atom. The molecule has 152 valence electrons. The highest BCUT2D eigenvalue weighted by Gasteiger charge is 2.25. The van der Waals surface area contributed by atoms with Gasteiger partial charge in [-0.1, -0.05) is 6.92 Å². The van der Waals surface area contributed by atoms with Crippen LogP contribution in [0, 0.1) is 5.92 Å². The van der Waals surface area contributed by atoms with Crippen LogP contribution in [0.5, 0.6) is 5.75 Å². The number of hydrogen-bond donors (Lipinski definition) is 2. The molecular weight excluding hydrogens is 370 g/mol. The van der Waals surface area contributed by atoms with Gasteiger partial charge in [0.05, 0.1) is 23.6 Å². The van der Waals surface area contributed by atoms with E-state index in [0.29, 0.717) is 30.2 Å². The molecule has 3 atom stereocenters. The molecule has 2 N–H and O–H groups in total. The first kappa shape index (κ1) is 21.5. The molecule has 0 saturated heterocycles. The minimum Gasteiger partial charge on any atom is -0.491 e. The number of carbonyl (C=O) groups excluding carboxylic acids is 1. The lowest BCUT2D eigenvalue weighted by molar-refractivity contribution is 0.0281. The number of likely N-dealkylation sites (N-methyl/N-ethyl adjacent to an activating group) is 1. The number of hydrogen-bond acceptors (Lipinski definition) is 6. The average Bonchev–Trinajstić information content (AvgIpc) is 2.59. The molecule has 27 heavy (non-hydrogen) atoms. The lowest BCUT2D eigenvalue weighted by Gasteiger charge is -2.30. The molecule has 0 spiro atoms. The predicted octanol–water partition coefficient (Wildman–Crippen LogP) is 1.15. The van der Waals surface area contributed by atoms with Crippen LogP contribution >= 0.6 is 0 Å². The van der Waals surface area contributed by atoms with E-state index in [1.165, 1.54) is 6.07 Å². The third-order valence-corrected chi connectivity index (χ3v) is 5.14. The second-order valence-electron chi connectivity index (χ2n) is 7.14. The van der Waals surface area contributed by atoms with Gasteiger partial charge in [-0.15, -0.1) is 0 Å². The summed E-state index contributed by atoms with van der Waals surface area (Å²) in [6.07, 6.45) is 0.971. The number of nitrogens with zero attached hydrogens (tertiary/aromatic N) is 1. The van der Waals surface area contributed by atoms with Crippen molar-refractivity contribution in [3.05, 3.63) is 23.8 Å². The van der Waals surface area contributed by atoms with Gasteiger partial charge in [-0.25, -0.2) is 8.42 Å². The van der Waals surface area contributed by atoms with E-state index in [9.17, 15) is 13.2 Å². The number of anilines is 1. The second-order valence-corrected chi connectivity index (χ2v) is 8.89. The summed E-state index contributed by atoms with van der Waals surface area (Å²) in [6, 6.07) is 4.73. The summed E-state index contributed by atoms with van der Waals surface area (Å²) >= 11 is 0. The lowest BCUT2D eigenvalue weighted by atomic mass is 10.0. The van der Waals surface area contributed by atoms with Gasteiger partial charge in [0.25, 0.3) is 5.91 Å². The van der Waals surface area contributed by atoms with Crippen LogP contribution in [0.1, 0.15) is 24.2 Å². The molecule has 0 fully saturated rings.